The molecule has 0 aromatic carbocycles. The third-order valence-corrected chi connectivity index (χ3v) is 5.65. The fraction of sp³-hybridized carbons (Fsp3) is 0.615. The minimum absolute atomic E-state index is 0.221. The minimum atomic E-state index is -3.47. The van der Waals surface area contributed by atoms with Gasteiger partial charge in [-0.25, -0.2) is 23.5 Å². The van der Waals surface area contributed by atoms with Crippen LogP contribution < -0.4 is 11.3 Å². The van der Waals surface area contributed by atoms with Crippen LogP contribution in [0.2, 0.25) is 0 Å². The maximum absolute atomic E-state index is 12.5. The molecule has 1 fully saturated rings. The van der Waals surface area contributed by atoms with E-state index in [1.807, 2.05) is 0 Å². The van der Waals surface area contributed by atoms with E-state index in [-0.39, 0.29) is 4.90 Å². The van der Waals surface area contributed by atoms with Gasteiger partial charge in [-0.2, -0.15) is 0 Å². The van der Waals surface area contributed by atoms with E-state index in [1.165, 1.54) is 41.9 Å². The van der Waals surface area contributed by atoms with Gasteiger partial charge in [0.15, 0.2) is 0 Å². The Labute approximate surface area is 120 Å². The van der Waals surface area contributed by atoms with E-state index in [0.717, 1.165) is 12.8 Å². The summed E-state index contributed by atoms with van der Waals surface area (Å²) in [6.45, 7) is 0.579. The molecule has 1 aliphatic carbocycles. The average molecular weight is 298 g/mol. The highest BCUT2D eigenvalue weighted by Gasteiger charge is 2.25. The van der Waals surface area contributed by atoms with Crippen molar-refractivity contribution in [2.45, 2.75) is 37.0 Å². The molecule has 7 heteroatoms. The molecule has 3 N–H and O–H groups in total. The molecule has 1 aliphatic rings. The highest BCUT2D eigenvalue weighted by atomic mass is 32.2. The number of pyridine rings is 1. The summed E-state index contributed by atoms with van der Waals surface area (Å²) < 4.78 is 26.5. The molecule has 0 atom stereocenters. The van der Waals surface area contributed by atoms with Gasteiger partial charge < -0.3 is 5.43 Å². The third kappa shape index (κ3) is 3.47. The summed E-state index contributed by atoms with van der Waals surface area (Å²) in [6.07, 6.45) is 7.35. The van der Waals surface area contributed by atoms with Crippen molar-refractivity contribution in [2.24, 2.45) is 11.8 Å². The van der Waals surface area contributed by atoms with Crippen LogP contribution in [0, 0.1) is 5.92 Å². The van der Waals surface area contributed by atoms with Crippen molar-refractivity contribution < 1.29 is 8.42 Å². The molecule has 0 radical (unpaired) electrons. The molecule has 0 spiro atoms. The van der Waals surface area contributed by atoms with Crippen molar-refractivity contribution in [3.05, 3.63) is 18.3 Å². The zero-order valence-corrected chi connectivity index (χ0v) is 12.6. The largest absolute Gasteiger partial charge is 0.308 e. The maximum atomic E-state index is 12.5. The van der Waals surface area contributed by atoms with Crippen molar-refractivity contribution in [1.82, 2.24) is 9.29 Å². The standard InChI is InChI=1S/C13H22N4O2S/c1-17(10-11-5-3-2-4-6-11)20(18,19)12-7-8-15-13(9-12)16-14/h7-9,11H,2-6,10,14H2,1H3,(H,15,16). The second-order valence-corrected chi connectivity index (χ2v) is 7.36. The number of hydrogen-bond acceptors (Lipinski definition) is 5. The van der Waals surface area contributed by atoms with E-state index in [4.69, 9.17) is 5.84 Å². The van der Waals surface area contributed by atoms with Crippen molar-refractivity contribution in [3.63, 3.8) is 0 Å². The molecule has 0 unspecified atom stereocenters. The summed E-state index contributed by atoms with van der Waals surface area (Å²) in [5.74, 6) is 6.08. The Balaban J connectivity index is 2.11. The van der Waals surface area contributed by atoms with E-state index >= 15 is 0 Å². The number of anilines is 1. The quantitative estimate of drug-likeness (QED) is 0.636. The number of nitrogens with two attached hydrogens (primary N) is 1. The normalized spacial score (nSPS) is 17.4. The van der Waals surface area contributed by atoms with E-state index in [9.17, 15) is 8.42 Å². The molecule has 1 saturated carbocycles. The SMILES string of the molecule is CN(CC1CCCCC1)S(=O)(=O)c1ccnc(NN)c1. The smallest absolute Gasteiger partial charge is 0.243 e. The van der Waals surface area contributed by atoms with Crippen LogP contribution in [0.25, 0.3) is 0 Å². The van der Waals surface area contributed by atoms with Crippen molar-refractivity contribution >= 4 is 15.8 Å². The number of nitrogen functional groups attached to an aromatic ring is 1. The van der Waals surface area contributed by atoms with Crippen molar-refractivity contribution in [3.8, 4) is 0 Å². The molecule has 0 amide bonds. The maximum Gasteiger partial charge on any atom is 0.243 e. The number of nitrogens with zero attached hydrogens (tertiary/aromatic N) is 2. The summed E-state index contributed by atoms with van der Waals surface area (Å²) in [4.78, 5) is 4.15. The first kappa shape index (κ1) is 15.2. The predicted molar refractivity (Wildman–Crippen MR) is 78.4 cm³/mol. The highest BCUT2D eigenvalue weighted by molar-refractivity contribution is 7.89. The van der Waals surface area contributed by atoms with Gasteiger partial charge in [0.2, 0.25) is 10.0 Å². The molecular weight excluding hydrogens is 276 g/mol. The van der Waals surface area contributed by atoms with E-state index in [2.05, 4.69) is 10.4 Å². The van der Waals surface area contributed by atoms with Gasteiger partial charge in [0, 0.05) is 25.9 Å². The van der Waals surface area contributed by atoms with E-state index < -0.39 is 10.0 Å². The summed E-state index contributed by atoms with van der Waals surface area (Å²) in [5, 5.41) is 0. The molecule has 20 heavy (non-hydrogen) atoms. The van der Waals surface area contributed by atoms with Crippen molar-refractivity contribution in [1.29, 1.82) is 0 Å². The van der Waals surface area contributed by atoms with Crippen LogP contribution >= 0.6 is 0 Å². The lowest BCUT2D eigenvalue weighted by molar-refractivity contribution is 0.300. The monoisotopic (exact) mass is 298 g/mol. The lowest BCUT2D eigenvalue weighted by Gasteiger charge is -2.26. The van der Waals surface area contributed by atoms with Crippen LogP contribution in [0.15, 0.2) is 23.2 Å². The summed E-state index contributed by atoms with van der Waals surface area (Å²) in [7, 11) is -1.83. The van der Waals surface area contributed by atoms with Crippen LogP contribution in [0.1, 0.15) is 32.1 Å². The van der Waals surface area contributed by atoms with Crippen LogP contribution in [0.5, 0.6) is 0 Å². The predicted octanol–water partition coefficient (Wildman–Crippen LogP) is 1.57. The number of hydrazine groups is 1. The first-order valence-electron chi connectivity index (χ1n) is 6.93. The van der Waals surface area contributed by atoms with Crippen molar-refractivity contribution in [2.75, 3.05) is 19.0 Å². The topological polar surface area (TPSA) is 88.3 Å². The van der Waals surface area contributed by atoms with Gasteiger partial charge in [0.1, 0.15) is 5.82 Å². The fourth-order valence-corrected chi connectivity index (χ4v) is 3.92. The number of rotatable bonds is 5. The second kappa shape index (κ2) is 6.51. The Morgan fingerprint density at radius 1 is 1.40 bits per heavy atom. The molecule has 1 aromatic heterocycles. The first-order chi connectivity index (χ1) is 9.54. The summed E-state index contributed by atoms with van der Waals surface area (Å²) >= 11 is 0. The lowest BCUT2D eigenvalue weighted by Crippen LogP contribution is -2.32. The molecule has 6 nitrogen and oxygen atoms in total. The van der Waals surface area contributed by atoms with Gasteiger partial charge in [-0.1, -0.05) is 19.3 Å². The Hall–Kier alpha value is -1.18. The van der Waals surface area contributed by atoms with Crippen LogP contribution in [-0.4, -0.2) is 31.3 Å². The summed E-state index contributed by atoms with van der Waals surface area (Å²) in [6, 6.07) is 2.94. The van der Waals surface area contributed by atoms with Gasteiger partial charge in [-0.15, -0.1) is 0 Å². The number of nitrogens with one attached hydrogen (secondary N) is 1. The van der Waals surface area contributed by atoms with Gasteiger partial charge in [0.05, 0.1) is 4.90 Å². The lowest BCUT2D eigenvalue weighted by atomic mass is 9.89. The molecule has 112 valence electrons. The van der Waals surface area contributed by atoms with Gasteiger partial charge in [-0.3, -0.25) is 0 Å². The second-order valence-electron chi connectivity index (χ2n) is 5.31. The van der Waals surface area contributed by atoms with Crippen LogP contribution in [-0.2, 0) is 10.0 Å². The molecule has 2 rings (SSSR count). The molecule has 0 saturated heterocycles. The zero-order chi connectivity index (χ0) is 14.6. The Morgan fingerprint density at radius 2 is 2.10 bits per heavy atom. The zero-order valence-electron chi connectivity index (χ0n) is 11.7. The van der Waals surface area contributed by atoms with Gasteiger partial charge in [-0.05, 0) is 24.8 Å². The van der Waals surface area contributed by atoms with E-state index in [0.29, 0.717) is 18.3 Å². The third-order valence-electron chi connectivity index (χ3n) is 3.83. The van der Waals surface area contributed by atoms with Gasteiger partial charge in [0.25, 0.3) is 0 Å². The van der Waals surface area contributed by atoms with Crippen LogP contribution in [0.3, 0.4) is 0 Å². The fourth-order valence-electron chi connectivity index (χ4n) is 2.66. The molecule has 1 aromatic rings. The Kier molecular flexibility index (Phi) is 4.95. The molecule has 1 heterocycles. The minimum Gasteiger partial charge on any atom is -0.308 e. The number of hydrogen-bond donors (Lipinski definition) is 2. The molecular formula is C13H22N4O2S. The highest BCUT2D eigenvalue weighted by Crippen LogP contribution is 2.26. The molecule has 0 bridgehead atoms. The number of sulfonamides is 1. The Bertz CT molecular complexity index is 541. The van der Waals surface area contributed by atoms with E-state index in [1.54, 1.807) is 7.05 Å². The van der Waals surface area contributed by atoms with Gasteiger partial charge >= 0.3 is 0 Å². The summed E-state index contributed by atoms with van der Waals surface area (Å²) in [5.41, 5.74) is 2.37. The average Bonchev–Trinajstić information content (AvgIpc) is 2.48. The Morgan fingerprint density at radius 3 is 2.75 bits per heavy atom. The first-order valence-corrected chi connectivity index (χ1v) is 8.37. The molecule has 0 aliphatic heterocycles. The van der Waals surface area contributed by atoms with Crippen LogP contribution in [0.4, 0.5) is 5.82 Å². The number of aromatic nitrogens is 1.